The van der Waals surface area contributed by atoms with Crippen LogP contribution in [0.1, 0.15) is 29.5 Å². The van der Waals surface area contributed by atoms with E-state index >= 15 is 0 Å². The monoisotopic (exact) mass is 457 g/mol. The van der Waals surface area contributed by atoms with Crippen molar-refractivity contribution in [1.29, 1.82) is 0 Å². The molecule has 6 heteroatoms. The van der Waals surface area contributed by atoms with Gasteiger partial charge >= 0.3 is 153 Å². The molecular formula is C20H15Cl2N3Zr. The van der Waals surface area contributed by atoms with Gasteiger partial charge in [-0.25, -0.2) is 0 Å². The number of nitrogens with zero attached hydrogens (tertiary/aromatic N) is 3. The van der Waals surface area contributed by atoms with Gasteiger partial charge in [-0.2, -0.15) is 0 Å². The molecule has 0 fully saturated rings. The first-order valence-corrected chi connectivity index (χ1v) is 10.9. The van der Waals surface area contributed by atoms with Crippen LogP contribution >= 0.6 is 0 Å². The minimum absolute atomic E-state index is 0. The zero-order chi connectivity index (χ0) is 15.9. The smallest absolute Gasteiger partial charge is 1.00 e. The summed E-state index contributed by atoms with van der Waals surface area (Å²) in [5, 5.41) is 4.40. The number of aromatic nitrogens is 3. The van der Waals surface area contributed by atoms with Crippen LogP contribution in [0.4, 0.5) is 0 Å². The van der Waals surface area contributed by atoms with Gasteiger partial charge in [-0.1, -0.05) is 0 Å². The molecular weight excluding hydrogens is 444 g/mol. The summed E-state index contributed by atoms with van der Waals surface area (Å²) >= 11 is -0.807. The van der Waals surface area contributed by atoms with Gasteiger partial charge in [0.05, 0.1) is 0 Å². The van der Waals surface area contributed by atoms with Crippen LogP contribution in [0.3, 0.4) is 0 Å². The maximum Gasteiger partial charge on any atom is -1.00 e. The molecule has 3 nitrogen and oxygen atoms in total. The van der Waals surface area contributed by atoms with E-state index in [0.29, 0.717) is 7.25 Å². The second-order valence-electron chi connectivity index (χ2n) is 6.10. The van der Waals surface area contributed by atoms with Crippen LogP contribution in [0, 0.1) is 0 Å². The molecule has 2 atom stereocenters. The van der Waals surface area contributed by atoms with Gasteiger partial charge in [0.2, 0.25) is 0 Å². The van der Waals surface area contributed by atoms with Crippen LogP contribution in [-0.2, 0) is 23.2 Å². The Hall–Kier alpha value is -1.48. The van der Waals surface area contributed by atoms with Crippen molar-refractivity contribution >= 4 is 17.8 Å². The molecule has 1 heterocycles. The molecule has 3 aromatic rings. The predicted molar refractivity (Wildman–Crippen MR) is 91.6 cm³/mol. The van der Waals surface area contributed by atoms with Gasteiger partial charge in [0.1, 0.15) is 0 Å². The fourth-order valence-corrected chi connectivity index (χ4v) is 8.11. The number of halogens is 2. The Morgan fingerprint density at radius 3 is 2.38 bits per heavy atom. The van der Waals surface area contributed by atoms with Crippen molar-refractivity contribution < 1.29 is 48.0 Å². The summed E-state index contributed by atoms with van der Waals surface area (Å²) in [5.41, 5.74) is 6.99. The number of fused-ring (bicyclic) bond motifs is 2. The van der Waals surface area contributed by atoms with E-state index in [4.69, 9.17) is 0 Å². The molecule has 5 rings (SSSR count). The average Bonchev–Trinajstić information content (AvgIpc) is 3.34. The van der Waals surface area contributed by atoms with Gasteiger partial charge in [0, 0.05) is 0 Å². The van der Waals surface area contributed by atoms with Crippen molar-refractivity contribution in [3.63, 3.8) is 0 Å². The van der Waals surface area contributed by atoms with Gasteiger partial charge in [-0.15, -0.1) is 0 Å². The van der Waals surface area contributed by atoms with Gasteiger partial charge in [0.25, 0.3) is 0 Å². The third-order valence-electron chi connectivity index (χ3n) is 4.73. The Kier molecular flexibility index (Phi) is 5.97. The van der Waals surface area contributed by atoms with E-state index in [9.17, 15) is 0 Å². The van der Waals surface area contributed by atoms with E-state index in [1.165, 1.54) is 28.0 Å². The van der Waals surface area contributed by atoms with Crippen molar-refractivity contribution in [3.8, 4) is 0 Å². The molecule has 2 aromatic carbocycles. The summed E-state index contributed by atoms with van der Waals surface area (Å²) in [6, 6.07) is 17.6. The summed E-state index contributed by atoms with van der Waals surface area (Å²) in [5.74, 6) is 0. The molecule has 0 spiro atoms. The van der Waals surface area contributed by atoms with E-state index in [2.05, 4.69) is 76.8 Å². The second-order valence-corrected chi connectivity index (χ2v) is 9.87. The van der Waals surface area contributed by atoms with E-state index in [0.717, 1.165) is 0 Å². The van der Waals surface area contributed by atoms with Gasteiger partial charge in [0.15, 0.2) is 0 Å². The molecule has 2 aliphatic carbocycles. The van der Waals surface area contributed by atoms with Crippen LogP contribution in [-0.4, -0.2) is 14.8 Å². The largest absolute Gasteiger partial charge is 1.00 e. The topological polar surface area (TPSA) is 30.7 Å². The van der Waals surface area contributed by atoms with Gasteiger partial charge in [-0.3, -0.25) is 0 Å². The fourth-order valence-electron chi connectivity index (χ4n) is 3.60. The Morgan fingerprint density at radius 1 is 0.885 bits per heavy atom. The summed E-state index contributed by atoms with van der Waals surface area (Å²) < 4.78 is 3.08. The maximum atomic E-state index is 4.40. The van der Waals surface area contributed by atoms with Crippen LogP contribution in [0.5, 0.6) is 0 Å². The van der Waals surface area contributed by atoms with Crippen molar-refractivity contribution in [3.05, 3.63) is 89.5 Å². The molecule has 1 aromatic heterocycles. The SMILES string of the molecule is C1=C[CH]([Zr+2][CH]2C(n3cncn3)=Cc3ccccc32)c2ccccc21.[Cl-].[Cl-]. The maximum absolute atomic E-state index is 4.40. The summed E-state index contributed by atoms with van der Waals surface area (Å²) in [6.45, 7) is 0. The molecule has 0 saturated heterocycles. The number of allylic oxidation sites excluding steroid dienone is 2. The second kappa shape index (κ2) is 8.04. The van der Waals surface area contributed by atoms with E-state index < -0.39 is 23.2 Å². The van der Waals surface area contributed by atoms with Crippen molar-refractivity contribution in [2.24, 2.45) is 0 Å². The molecule has 0 aliphatic heterocycles. The van der Waals surface area contributed by atoms with E-state index in [1.807, 2.05) is 11.0 Å². The Balaban J connectivity index is 0.000000980. The predicted octanol–water partition coefficient (Wildman–Crippen LogP) is -1.81. The van der Waals surface area contributed by atoms with Crippen LogP contribution in [0.2, 0.25) is 0 Å². The van der Waals surface area contributed by atoms with E-state index in [-0.39, 0.29) is 24.8 Å². The third-order valence-corrected chi connectivity index (χ3v) is 9.17. The standard InChI is InChI=1S/C11H8N3.C9H7.2ClH.Zr/c1-2-4-10-6-11(5-9(10)3-1)14-8-12-7-13-14;1-2-5-9-7-3-6-8(9)4-1;;;/h1-8H;1-7H;2*1H;/q;;;;+2/p-2. The molecule has 0 N–H and O–H groups in total. The molecule has 128 valence electrons. The zero-order valence-corrected chi connectivity index (χ0v) is 17.7. The van der Waals surface area contributed by atoms with Crippen molar-refractivity contribution in [2.45, 2.75) is 7.25 Å². The molecule has 2 unspecified atom stereocenters. The van der Waals surface area contributed by atoms with Crippen molar-refractivity contribution in [2.75, 3.05) is 0 Å². The average molecular weight is 459 g/mol. The number of hydrogen-bond donors (Lipinski definition) is 0. The minimum Gasteiger partial charge on any atom is -1.00 e. The molecule has 26 heavy (non-hydrogen) atoms. The molecule has 0 saturated carbocycles. The Bertz CT molecular complexity index is 967. The molecule has 0 radical (unpaired) electrons. The first-order valence-electron chi connectivity index (χ1n) is 8.09. The number of benzene rings is 2. The summed E-state index contributed by atoms with van der Waals surface area (Å²) in [6.07, 6.45) is 10.4. The third kappa shape index (κ3) is 3.27. The summed E-state index contributed by atoms with van der Waals surface area (Å²) in [4.78, 5) is 4.15. The Labute approximate surface area is 176 Å². The normalized spacial score (nSPS) is 18.8. The first kappa shape index (κ1) is 19.3. The Morgan fingerprint density at radius 2 is 1.62 bits per heavy atom. The van der Waals surface area contributed by atoms with Crippen LogP contribution in [0.15, 0.2) is 67.3 Å². The zero-order valence-electron chi connectivity index (χ0n) is 13.8. The van der Waals surface area contributed by atoms with Gasteiger partial charge in [-0.05, 0) is 0 Å². The number of hydrogen-bond acceptors (Lipinski definition) is 2. The minimum atomic E-state index is -0.807. The van der Waals surface area contributed by atoms with Gasteiger partial charge < -0.3 is 24.8 Å². The summed E-state index contributed by atoms with van der Waals surface area (Å²) in [7, 11) is 0. The van der Waals surface area contributed by atoms with Crippen LogP contribution < -0.4 is 24.8 Å². The van der Waals surface area contributed by atoms with Crippen LogP contribution in [0.25, 0.3) is 17.8 Å². The molecule has 0 bridgehead atoms. The van der Waals surface area contributed by atoms with Crippen molar-refractivity contribution in [1.82, 2.24) is 14.8 Å². The fraction of sp³-hybridized carbons (Fsp3) is 0.100. The number of rotatable bonds is 3. The first-order chi connectivity index (χ1) is 11.9. The molecule has 2 aliphatic rings. The van der Waals surface area contributed by atoms with E-state index in [1.54, 1.807) is 6.33 Å². The molecule has 0 amide bonds. The quantitative estimate of drug-likeness (QED) is 0.463.